The molecule has 2 atom stereocenters. The Morgan fingerprint density at radius 1 is 1.50 bits per heavy atom. The summed E-state index contributed by atoms with van der Waals surface area (Å²) in [4.78, 5) is 3.89. The van der Waals surface area contributed by atoms with Crippen molar-refractivity contribution in [2.45, 2.75) is 31.9 Å². The molecular formula is C14H24N2OS. The Hall–Kier alpha value is -0.420. The van der Waals surface area contributed by atoms with Crippen LogP contribution >= 0.6 is 11.3 Å². The zero-order chi connectivity index (χ0) is 12.8. The van der Waals surface area contributed by atoms with Gasteiger partial charge in [-0.05, 0) is 38.3 Å². The molecule has 1 fully saturated rings. The van der Waals surface area contributed by atoms with Crippen molar-refractivity contribution in [2.24, 2.45) is 0 Å². The van der Waals surface area contributed by atoms with E-state index in [2.05, 4.69) is 41.7 Å². The van der Waals surface area contributed by atoms with Crippen LogP contribution in [0.3, 0.4) is 0 Å². The minimum absolute atomic E-state index is 0.390. The Morgan fingerprint density at radius 2 is 2.39 bits per heavy atom. The lowest BCUT2D eigenvalue weighted by atomic mass is 10.1. The van der Waals surface area contributed by atoms with Crippen LogP contribution in [0.5, 0.6) is 0 Å². The number of thiophene rings is 1. The molecule has 2 unspecified atom stereocenters. The first-order chi connectivity index (χ1) is 8.77. The summed E-state index contributed by atoms with van der Waals surface area (Å²) in [6.45, 7) is 6.33. The van der Waals surface area contributed by atoms with Crippen LogP contribution in [-0.4, -0.2) is 50.3 Å². The molecule has 0 radical (unpaired) electrons. The highest BCUT2D eigenvalue weighted by Gasteiger charge is 2.27. The fraction of sp³-hybridized carbons (Fsp3) is 0.714. The molecule has 1 saturated heterocycles. The van der Waals surface area contributed by atoms with Crippen LogP contribution in [-0.2, 0) is 11.2 Å². The van der Waals surface area contributed by atoms with E-state index in [4.69, 9.17) is 4.74 Å². The molecule has 0 aromatic carbocycles. The number of ether oxygens (including phenoxy) is 1. The lowest BCUT2D eigenvalue weighted by Gasteiger charge is -2.26. The predicted octanol–water partition coefficient (Wildman–Crippen LogP) is 1.99. The third-order valence-electron chi connectivity index (χ3n) is 3.67. The summed E-state index contributed by atoms with van der Waals surface area (Å²) in [5.41, 5.74) is 0. The quantitative estimate of drug-likeness (QED) is 0.765. The highest BCUT2D eigenvalue weighted by atomic mass is 32.1. The predicted molar refractivity (Wildman–Crippen MR) is 77.3 cm³/mol. The van der Waals surface area contributed by atoms with Gasteiger partial charge in [0.25, 0.3) is 0 Å². The van der Waals surface area contributed by atoms with E-state index in [9.17, 15) is 0 Å². The Balaban J connectivity index is 1.55. The van der Waals surface area contributed by atoms with Crippen LogP contribution in [0, 0.1) is 0 Å². The van der Waals surface area contributed by atoms with Gasteiger partial charge in [-0.1, -0.05) is 6.07 Å². The molecule has 3 nitrogen and oxygen atoms in total. The van der Waals surface area contributed by atoms with Crippen LogP contribution in [0.15, 0.2) is 17.5 Å². The van der Waals surface area contributed by atoms with Crippen molar-refractivity contribution in [2.75, 3.05) is 33.3 Å². The molecule has 102 valence electrons. The first-order valence-electron chi connectivity index (χ1n) is 6.82. The molecule has 2 rings (SSSR count). The van der Waals surface area contributed by atoms with Gasteiger partial charge in [0.1, 0.15) is 0 Å². The third kappa shape index (κ3) is 4.05. The van der Waals surface area contributed by atoms with E-state index in [0.29, 0.717) is 12.1 Å². The fourth-order valence-corrected chi connectivity index (χ4v) is 3.22. The van der Waals surface area contributed by atoms with E-state index in [-0.39, 0.29) is 0 Å². The minimum atomic E-state index is 0.390. The van der Waals surface area contributed by atoms with Gasteiger partial charge in [0, 0.05) is 37.2 Å². The maximum Gasteiger partial charge on any atom is 0.0702 e. The molecule has 1 aliphatic heterocycles. The van der Waals surface area contributed by atoms with Gasteiger partial charge in [0.2, 0.25) is 0 Å². The van der Waals surface area contributed by atoms with Crippen molar-refractivity contribution >= 4 is 11.3 Å². The molecule has 2 heterocycles. The normalized spacial score (nSPS) is 23.9. The van der Waals surface area contributed by atoms with Crippen LogP contribution in [0.25, 0.3) is 0 Å². The zero-order valence-electron chi connectivity index (χ0n) is 11.4. The second-order valence-electron chi connectivity index (χ2n) is 4.99. The first kappa shape index (κ1) is 14.0. The topological polar surface area (TPSA) is 24.5 Å². The summed E-state index contributed by atoms with van der Waals surface area (Å²) < 4.78 is 5.60. The van der Waals surface area contributed by atoms with Gasteiger partial charge in [-0.25, -0.2) is 0 Å². The Bertz CT molecular complexity index is 329. The average Bonchev–Trinajstić information content (AvgIpc) is 2.99. The van der Waals surface area contributed by atoms with Gasteiger partial charge < -0.3 is 10.1 Å². The lowest BCUT2D eigenvalue weighted by Crippen LogP contribution is -2.40. The Kier molecular flexibility index (Phi) is 5.63. The van der Waals surface area contributed by atoms with Crippen molar-refractivity contribution in [3.05, 3.63) is 22.4 Å². The van der Waals surface area contributed by atoms with Gasteiger partial charge in [0.05, 0.1) is 6.10 Å². The van der Waals surface area contributed by atoms with E-state index in [0.717, 1.165) is 32.7 Å². The molecule has 18 heavy (non-hydrogen) atoms. The molecule has 1 aromatic rings. The maximum atomic E-state index is 5.60. The molecule has 4 heteroatoms. The lowest BCUT2D eigenvalue weighted by molar-refractivity contribution is 0.0840. The largest absolute Gasteiger partial charge is 0.377 e. The van der Waals surface area contributed by atoms with Crippen molar-refractivity contribution in [1.29, 1.82) is 0 Å². The second kappa shape index (κ2) is 7.24. The van der Waals surface area contributed by atoms with E-state index in [1.165, 1.54) is 11.3 Å². The Morgan fingerprint density at radius 3 is 3.06 bits per heavy atom. The summed E-state index contributed by atoms with van der Waals surface area (Å²) in [6, 6.07) is 4.93. The highest BCUT2D eigenvalue weighted by Crippen LogP contribution is 2.17. The summed E-state index contributed by atoms with van der Waals surface area (Å²) in [7, 11) is 2.21. The average molecular weight is 268 g/mol. The first-order valence-corrected chi connectivity index (χ1v) is 7.70. The van der Waals surface area contributed by atoms with Gasteiger partial charge >= 0.3 is 0 Å². The van der Waals surface area contributed by atoms with E-state index >= 15 is 0 Å². The van der Waals surface area contributed by atoms with Crippen LogP contribution in [0.4, 0.5) is 0 Å². The van der Waals surface area contributed by atoms with Crippen LogP contribution in [0.1, 0.15) is 18.2 Å². The maximum absolute atomic E-state index is 5.60. The second-order valence-corrected chi connectivity index (χ2v) is 6.02. The molecule has 0 saturated carbocycles. The van der Waals surface area contributed by atoms with Gasteiger partial charge in [-0.15, -0.1) is 11.3 Å². The number of likely N-dealkylation sites (N-methyl/N-ethyl adjacent to an activating group) is 1. The van der Waals surface area contributed by atoms with Crippen molar-refractivity contribution in [1.82, 2.24) is 10.2 Å². The minimum Gasteiger partial charge on any atom is -0.377 e. The van der Waals surface area contributed by atoms with Crippen molar-refractivity contribution < 1.29 is 4.74 Å². The summed E-state index contributed by atoms with van der Waals surface area (Å²) in [5, 5.41) is 5.66. The fourth-order valence-electron chi connectivity index (χ4n) is 2.51. The highest BCUT2D eigenvalue weighted by molar-refractivity contribution is 7.09. The van der Waals surface area contributed by atoms with Crippen molar-refractivity contribution in [3.63, 3.8) is 0 Å². The van der Waals surface area contributed by atoms with E-state index in [1.807, 2.05) is 11.3 Å². The molecule has 1 aromatic heterocycles. The van der Waals surface area contributed by atoms with Crippen LogP contribution in [0.2, 0.25) is 0 Å². The molecule has 0 aliphatic carbocycles. The molecule has 0 bridgehead atoms. The Labute approximate surface area is 114 Å². The summed E-state index contributed by atoms with van der Waals surface area (Å²) in [5.74, 6) is 0. The zero-order valence-corrected chi connectivity index (χ0v) is 12.2. The number of rotatable bonds is 7. The molecular weight excluding hydrogens is 244 g/mol. The van der Waals surface area contributed by atoms with Gasteiger partial charge in [0.15, 0.2) is 0 Å². The number of nitrogens with one attached hydrogen (secondary N) is 1. The molecule has 0 amide bonds. The monoisotopic (exact) mass is 268 g/mol. The van der Waals surface area contributed by atoms with Gasteiger partial charge in [-0.3, -0.25) is 4.90 Å². The summed E-state index contributed by atoms with van der Waals surface area (Å²) >= 11 is 1.84. The van der Waals surface area contributed by atoms with Gasteiger partial charge in [-0.2, -0.15) is 0 Å². The van der Waals surface area contributed by atoms with E-state index < -0.39 is 0 Å². The molecule has 1 aliphatic rings. The third-order valence-corrected chi connectivity index (χ3v) is 4.61. The number of hydrogen-bond acceptors (Lipinski definition) is 4. The molecule has 1 N–H and O–H groups in total. The van der Waals surface area contributed by atoms with E-state index in [1.54, 1.807) is 0 Å². The summed E-state index contributed by atoms with van der Waals surface area (Å²) in [6.07, 6.45) is 2.71. The van der Waals surface area contributed by atoms with Crippen molar-refractivity contribution in [3.8, 4) is 0 Å². The number of hydrogen-bond donors (Lipinski definition) is 1. The van der Waals surface area contributed by atoms with Crippen LogP contribution < -0.4 is 5.32 Å². The molecule has 0 spiro atoms. The number of nitrogens with zero attached hydrogens (tertiary/aromatic N) is 1. The SMILES string of the molecule is CC1OCCC1N(C)CCNCCc1cccs1. The standard InChI is InChI=1S/C14H24N2OS/c1-12-14(6-10-17-12)16(2)9-8-15-7-5-13-4-3-11-18-13/h3-4,11-12,14-15H,5-10H2,1-2H3. The smallest absolute Gasteiger partial charge is 0.0702 e.